The van der Waals surface area contributed by atoms with Crippen molar-refractivity contribution in [3.05, 3.63) is 35.4 Å². The van der Waals surface area contributed by atoms with E-state index in [9.17, 15) is 0 Å². The molecule has 108 valence electrons. The summed E-state index contributed by atoms with van der Waals surface area (Å²) in [5.41, 5.74) is 2.83. The van der Waals surface area contributed by atoms with E-state index in [-0.39, 0.29) is 0 Å². The molecule has 19 heavy (non-hydrogen) atoms. The van der Waals surface area contributed by atoms with Crippen LogP contribution in [0.1, 0.15) is 57.2 Å². The van der Waals surface area contributed by atoms with E-state index in [0.717, 1.165) is 25.8 Å². The fourth-order valence-corrected chi connectivity index (χ4v) is 2.25. The summed E-state index contributed by atoms with van der Waals surface area (Å²) in [4.78, 5) is 0. The molecular weight excluding hydrogens is 234 g/mol. The van der Waals surface area contributed by atoms with E-state index in [0.29, 0.717) is 12.1 Å². The Balaban J connectivity index is 2.70. The molecule has 0 heterocycles. The van der Waals surface area contributed by atoms with Crippen LogP contribution in [0.25, 0.3) is 0 Å². The van der Waals surface area contributed by atoms with Crippen LogP contribution in [0, 0.1) is 0 Å². The quantitative estimate of drug-likeness (QED) is 0.724. The zero-order valence-electron chi connectivity index (χ0n) is 12.9. The number of aryl methyl sites for hydroxylation is 1. The van der Waals surface area contributed by atoms with Crippen LogP contribution in [-0.2, 0) is 11.2 Å². The molecule has 0 aromatic heterocycles. The van der Waals surface area contributed by atoms with E-state index in [1.807, 2.05) is 0 Å². The fraction of sp³-hybridized carbons (Fsp3) is 0.647. The minimum Gasteiger partial charge on any atom is -0.382 e. The van der Waals surface area contributed by atoms with E-state index in [1.54, 1.807) is 7.11 Å². The first-order valence-electron chi connectivity index (χ1n) is 7.56. The Morgan fingerprint density at radius 2 is 2.00 bits per heavy atom. The second kappa shape index (κ2) is 9.11. The summed E-state index contributed by atoms with van der Waals surface area (Å²) < 4.78 is 5.36. The van der Waals surface area contributed by atoms with E-state index in [4.69, 9.17) is 4.74 Å². The minimum atomic E-state index is 0.334. The van der Waals surface area contributed by atoms with Crippen molar-refractivity contribution in [3.8, 4) is 0 Å². The number of nitrogens with one attached hydrogen (secondary N) is 1. The molecule has 2 atom stereocenters. The maximum absolute atomic E-state index is 5.36. The number of methoxy groups -OCH3 is 1. The van der Waals surface area contributed by atoms with Crippen LogP contribution in [0.2, 0.25) is 0 Å². The van der Waals surface area contributed by atoms with Gasteiger partial charge in [0.15, 0.2) is 0 Å². The molecule has 1 aromatic carbocycles. The summed E-state index contributed by atoms with van der Waals surface area (Å²) >= 11 is 0. The van der Waals surface area contributed by atoms with Gasteiger partial charge < -0.3 is 10.1 Å². The minimum absolute atomic E-state index is 0.334. The highest BCUT2D eigenvalue weighted by atomic mass is 16.5. The molecule has 1 aromatic rings. The Morgan fingerprint density at radius 1 is 1.21 bits per heavy atom. The smallest absolute Gasteiger partial charge is 0.0543 e. The van der Waals surface area contributed by atoms with Crippen LogP contribution in [-0.4, -0.2) is 19.8 Å². The lowest BCUT2D eigenvalue weighted by Gasteiger charge is -2.21. The zero-order chi connectivity index (χ0) is 14.1. The van der Waals surface area contributed by atoms with Gasteiger partial charge in [-0.2, -0.15) is 0 Å². The SMILES string of the molecule is CCCNC(CCC(C)OC)c1cccc(CC)c1. The molecule has 1 rings (SSSR count). The Bertz CT molecular complexity index is 351. The van der Waals surface area contributed by atoms with Gasteiger partial charge in [0.2, 0.25) is 0 Å². The van der Waals surface area contributed by atoms with Gasteiger partial charge in [-0.15, -0.1) is 0 Å². The van der Waals surface area contributed by atoms with Gasteiger partial charge >= 0.3 is 0 Å². The molecular formula is C17H29NO. The Hall–Kier alpha value is -0.860. The lowest BCUT2D eigenvalue weighted by molar-refractivity contribution is 0.106. The molecule has 0 amide bonds. The van der Waals surface area contributed by atoms with Gasteiger partial charge in [-0.25, -0.2) is 0 Å². The number of rotatable bonds is 9. The molecule has 0 saturated heterocycles. The monoisotopic (exact) mass is 263 g/mol. The molecule has 0 radical (unpaired) electrons. The number of hydrogen-bond acceptors (Lipinski definition) is 2. The van der Waals surface area contributed by atoms with Crippen LogP contribution < -0.4 is 5.32 Å². The predicted octanol–water partition coefficient (Wildman–Crippen LogP) is 4.10. The van der Waals surface area contributed by atoms with Crippen LogP contribution in [0.5, 0.6) is 0 Å². The van der Waals surface area contributed by atoms with Crippen LogP contribution in [0.3, 0.4) is 0 Å². The second-order valence-electron chi connectivity index (χ2n) is 5.23. The number of ether oxygens (including phenoxy) is 1. The van der Waals surface area contributed by atoms with Gasteiger partial charge in [-0.05, 0) is 50.3 Å². The first kappa shape index (κ1) is 16.2. The van der Waals surface area contributed by atoms with Crippen LogP contribution in [0.4, 0.5) is 0 Å². The topological polar surface area (TPSA) is 21.3 Å². The van der Waals surface area contributed by atoms with Crippen molar-refractivity contribution < 1.29 is 4.74 Å². The fourth-order valence-electron chi connectivity index (χ4n) is 2.25. The molecule has 0 saturated carbocycles. The van der Waals surface area contributed by atoms with E-state index >= 15 is 0 Å². The maximum atomic E-state index is 5.36. The normalized spacial score (nSPS) is 14.3. The molecule has 1 N–H and O–H groups in total. The number of benzene rings is 1. The van der Waals surface area contributed by atoms with Gasteiger partial charge in [-0.3, -0.25) is 0 Å². The van der Waals surface area contributed by atoms with Crippen molar-refractivity contribution >= 4 is 0 Å². The third-order valence-corrected chi connectivity index (χ3v) is 3.67. The molecule has 0 aliphatic carbocycles. The van der Waals surface area contributed by atoms with Crippen molar-refractivity contribution in [1.29, 1.82) is 0 Å². The lowest BCUT2D eigenvalue weighted by atomic mass is 9.98. The zero-order valence-corrected chi connectivity index (χ0v) is 12.9. The average Bonchev–Trinajstić information content (AvgIpc) is 2.47. The molecule has 2 heteroatoms. The lowest BCUT2D eigenvalue weighted by Crippen LogP contribution is -2.23. The molecule has 0 fully saturated rings. The highest BCUT2D eigenvalue weighted by Gasteiger charge is 2.12. The maximum Gasteiger partial charge on any atom is 0.0543 e. The summed E-state index contributed by atoms with van der Waals surface area (Å²) in [6, 6.07) is 9.41. The van der Waals surface area contributed by atoms with Gasteiger partial charge in [-0.1, -0.05) is 38.1 Å². The first-order chi connectivity index (χ1) is 9.21. The highest BCUT2D eigenvalue weighted by molar-refractivity contribution is 5.26. The molecule has 2 unspecified atom stereocenters. The van der Waals surface area contributed by atoms with E-state index in [2.05, 4.69) is 50.4 Å². The Labute approximate surface area is 118 Å². The van der Waals surface area contributed by atoms with E-state index in [1.165, 1.54) is 17.5 Å². The summed E-state index contributed by atoms with van der Waals surface area (Å²) in [6.07, 6.45) is 4.82. The average molecular weight is 263 g/mol. The summed E-state index contributed by atoms with van der Waals surface area (Å²) in [5.74, 6) is 0. The second-order valence-corrected chi connectivity index (χ2v) is 5.23. The molecule has 2 nitrogen and oxygen atoms in total. The van der Waals surface area contributed by atoms with Gasteiger partial charge in [0.05, 0.1) is 6.10 Å². The highest BCUT2D eigenvalue weighted by Crippen LogP contribution is 2.21. The first-order valence-corrected chi connectivity index (χ1v) is 7.56. The molecule has 0 bridgehead atoms. The standard InChI is InChI=1S/C17H29NO/c1-5-12-18-17(11-10-14(3)19-4)16-9-7-8-15(6-2)13-16/h7-9,13-14,17-18H,5-6,10-12H2,1-4H3. The van der Waals surface area contributed by atoms with E-state index < -0.39 is 0 Å². The van der Waals surface area contributed by atoms with Crippen LogP contribution in [0.15, 0.2) is 24.3 Å². The van der Waals surface area contributed by atoms with Crippen molar-refractivity contribution in [3.63, 3.8) is 0 Å². The third-order valence-electron chi connectivity index (χ3n) is 3.67. The molecule has 0 aliphatic heterocycles. The van der Waals surface area contributed by atoms with Gasteiger partial charge in [0, 0.05) is 13.2 Å². The Kier molecular flexibility index (Phi) is 7.76. The number of hydrogen-bond donors (Lipinski definition) is 1. The van der Waals surface area contributed by atoms with Crippen molar-refractivity contribution in [2.45, 2.75) is 58.6 Å². The van der Waals surface area contributed by atoms with Crippen molar-refractivity contribution in [1.82, 2.24) is 5.32 Å². The Morgan fingerprint density at radius 3 is 2.63 bits per heavy atom. The molecule has 0 spiro atoms. The van der Waals surface area contributed by atoms with Gasteiger partial charge in [0.1, 0.15) is 0 Å². The summed E-state index contributed by atoms with van der Waals surface area (Å²) in [7, 11) is 1.79. The van der Waals surface area contributed by atoms with Crippen LogP contribution >= 0.6 is 0 Å². The van der Waals surface area contributed by atoms with Gasteiger partial charge in [0.25, 0.3) is 0 Å². The summed E-state index contributed by atoms with van der Waals surface area (Å²) in [5, 5.41) is 3.66. The van der Waals surface area contributed by atoms with Crippen molar-refractivity contribution in [2.24, 2.45) is 0 Å². The van der Waals surface area contributed by atoms with Crippen molar-refractivity contribution in [2.75, 3.05) is 13.7 Å². The largest absolute Gasteiger partial charge is 0.382 e. The summed E-state index contributed by atoms with van der Waals surface area (Å²) in [6.45, 7) is 7.63. The predicted molar refractivity (Wildman–Crippen MR) is 82.6 cm³/mol. The molecule has 0 aliphatic rings. The third kappa shape index (κ3) is 5.75.